The second-order valence-electron chi connectivity index (χ2n) is 5.24. The molecule has 1 atom stereocenters. The number of ether oxygens (including phenoxy) is 1. The number of rotatable bonds is 2. The molecule has 1 saturated heterocycles. The van der Waals surface area contributed by atoms with Crippen molar-refractivity contribution in [3.63, 3.8) is 0 Å². The summed E-state index contributed by atoms with van der Waals surface area (Å²) >= 11 is 0. The predicted octanol–water partition coefficient (Wildman–Crippen LogP) is 2.45. The fourth-order valence-electron chi connectivity index (χ4n) is 2.99. The predicted molar refractivity (Wildman–Crippen MR) is 72.9 cm³/mol. The number of hydrogen-bond donors (Lipinski definition) is 0. The average Bonchev–Trinajstić information content (AvgIpc) is 3.17. The molecular weight excluding hydrogens is 252 g/mol. The first-order valence-electron chi connectivity index (χ1n) is 6.64. The zero-order valence-corrected chi connectivity index (χ0v) is 10.7. The Kier molecular flexibility index (Phi) is 2.24. The molecule has 3 heteroatoms. The van der Waals surface area contributed by atoms with Gasteiger partial charge in [-0.15, -0.1) is 0 Å². The third-order valence-electron chi connectivity index (χ3n) is 4.08. The van der Waals surface area contributed by atoms with Crippen LogP contribution in [0, 0.1) is 0 Å². The lowest BCUT2D eigenvalue weighted by Gasteiger charge is -2.00. The molecule has 1 spiro atoms. The summed E-state index contributed by atoms with van der Waals surface area (Å²) in [4.78, 5) is 24.9. The van der Waals surface area contributed by atoms with E-state index in [1.165, 1.54) is 0 Å². The highest BCUT2D eigenvalue weighted by atomic mass is 16.6. The van der Waals surface area contributed by atoms with Gasteiger partial charge in [-0.1, -0.05) is 54.6 Å². The van der Waals surface area contributed by atoms with Gasteiger partial charge in [-0.2, -0.15) is 0 Å². The first kappa shape index (κ1) is 11.6. The monoisotopic (exact) mass is 264 g/mol. The van der Waals surface area contributed by atoms with E-state index in [9.17, 15) is 9.59 Å². The molecule has 1 aliphatic heterocycles. The highest BCUT2D eigenvalue weighted by Crippen LogP contribution is 2.48. The van der Waals surface area contributed by atoms with Crippen LogP contribution in [-0.4, -0.2) is 23.3 Å². The van der Waals surface area contributed by atoms with E-state index >= 15 is 0 Å². The Morgan fingerprint density at radius 1 is 0.850 bits per heavy atom. The van der Waals surface area contributed by atoms with Gasteiger partial charge in [0.2, 0.25) is 17.2 Å². The average molecular weight is 264 g/mol. The largest absolute Gasteiger partial charge is 0.349 e. The molecule has 2 aliphatic rings. The van der Waals surface area contributed by atoms with Crippen LogP contribution in [-0.2, 0) is 11.2 Å². The molecule has 2 aromatic rings. The van der Waals surface area contributed by atoms with Crippen molar-refractivity contribution in [1.82, 2.24) is 0 Å². The Balaban J connectivity index is 1.66. The molecule has 1 heterocycles. The maximum Gasteiger partial charge on any atom is 0.220 e. The van der Waals surface area contributed by atoms with Gasteiger partial charge in [-0.25, -0.2) is 0 Å². The van der Waals surface area contributed by atoms with Gasteiger partial charge in [0.25, 0.3) is 0 Å². The van der Waals surface area contributed by atoms with Crippen molar-refractivity contribution in [2.24, 2.45) is 0 Å². The molecule has 0 saturated carbocycles. The molecule has 0 amide bonds. The van der Waals surface area contributed by atoms with Crippen molar-refractivity contribution in [2.75, 3.05) is 0 Å². The summed E-state index contributed by atoms with van der Waals surface area (Å²) in [5.74, 6) is -0.363. The van der Waals surface area contributed by atoms with E-state index in [4.69, 9.17) is 4.74 Å². The lowest BCUT2D eigenvalue weighted by Crippen LogP contribution is -2.30. The number of ketones is 2. The zero-order chi connectivity index (χ0) is 13.7. The molecule has 0 N–H and O–H groups in total. The van der Waals surface area contributed by atoms with Gasteiger partial charge >= 0.3 is 0 Å². The van der Waals surface area contributed by atoms with Crippen LogP contribution in [0.15, 0.2) is 54.6 Å². The van der Waals surface area contributed by atoms with Crippen LogP contribution in [0.4, 0.5) is 0 Å². The van der Waals surface area contributed by atoms with E-state index in [-0.39, 0.29) is 17.7 Å². The van der Waals surface area contributed by atoms with Crippen molar-refractivity contribution in [1.29, 1.82) is 0 Å². The Bertz CT molecular complexity index is 683. The van der Waals surface area contributed by atoms with Crippen LogP contribution in [0.25, 0.3) is 0 Å². The van der Waals surface area contributed by atoms with Crippen LogP contribution in [0.2, 0.25) is 0 Å². The summed E-state index contributed by atoms with van der Waals surface area (Å²) in [7, 11) is 0. The molecule has 0 aromatic heterocycles. The molecule has 0 radical (unpaired) electrons. The summed E-state index contributed by atoms with van der Waals surface area (Å²) < 4.78 is 5.58. The summed E-state index contributed by atoms with van der Waals surface area (Å²) in [5.41, 5.74) is 0.826. The quantitative estimate of drug-likeness (QED) is 0.618. The number of carbonyl (C=O) groups excluding carboxylic acids is 2. The zero-order valence-electron chi connectivity index (χ0n) is 10.7. The summed E-state index contributed by atoms with van der Waals surface area (Å²) in [6.45, 7) is 0. The van der Waals surface area contributed by atoms with Gasteiger partial charge in [0.1, 0.15) is 6.10 Å². The lowest BCUT2D eigenvalue weighted by molar-refractivity contribution is 0.0785. The van der Waals surface area contributed by atoms with Gasteiger partial charge in [-0.05, 0) is 5.56 Å². The third kappa shape index (κ3) is 1.38. The highest BCUT2D eigenvalue weighted by molar-refractivity contribution is 6.34. The van der Waals surface area contributed by atoms with E-state index in [2.05, 4.69) is 0 Å². The second-order valence-corrected chi connectivity index (χ2v) is 5.24. The van der Waals surface area contributed by atoms with Crippen LogP contribution >= 0.6 is 0 Å². The highest BCUT2D eigenvalue weighted by Gasteiger charge is 2.71. The third-order valence-corrected chi connectivity index (χ3v) is 4.08. The molecule has 1 unspecified atom stereocenters. The van der Waals surface area contributed by atoms with Gasteiger partial charge in [-0.3, -0.25) is 9.59 Å². The normalized spacial score (nSPS) is 22.1. The van der Waals surface area contributed by atoms with Crippen LogP contribution in [0.5, 0.6) is 0 Å². The Morgan fingerprint density at radius 2 is 1.40 bits per heavy atom. The Morgan fingerprint density at radius 3 is 2.00 bits per heavy atom. The van der Waals surface area contributed by atoms with Crippen molar-refractivity contribution in [2.45, 2.75) is 18.1 Å². The molecule has 2 aromatic carbocycles. The number of benzene rings is 2. The number of Topliss-reactive ketones (excluding diaryl/α,β-unsaturated/α-hetero) is 2. The van der Waals surface area contributed by atoms with Crippen LogP contribution in [0.3, 0.4) is 0 Å². The summed E-state index contributed by atoms with van der Waals surface area (Å²) in [6, 6.07) is 16.7. The first-order chi connectivity index (χ1) is 9.73. The van der Waals surface area contributed by atoms with E-state index in [1.807, 2.05) is 30.3 Å². The van der Waals surface area contributed by atoms with Gasteiger partial charge < -0.3 is 4.74 Å². The molecule has 98 valence electrons. The standard InChI is InChI=1S/C17H12O3/c18-15-12-8-4-5-9-13(12)16(19)17(15)14(20-17)10-11-6-2-1-3-7-11/h1-9,14H,10H2. The van der Waals surface area contributed by atoms with E-state index in [0.29, 0.717) is 17.5 Å². The minimum atomic E-state index is -1.24. The fraction of sp³-hybridized carbons (Fsp3) is 0.176. The molecular formula is C17H12O3. The lowest BCUT2D eigenvalue weighted by atomic mass is 9.95. The molecule has 4 rings (SSSR count). The van der Waals surface area contributed by atoms with Crippen molar-refractivity contribution >= 4 is 11.6 Å². The summed E-state index contributed by atoms with van der Waals surface area (Å²) in [6.07, 6.45) is 0.254. The Hall–Kier alpha value is -2.26. The molecule has 1 fully saturated rings. The van der Waals surface area contributed by atoms with Crippen LogP contribution < -0.4 is 0 Å². The van der Waals surface area contributed by atoms with Crippen LogP contribution in [0.1, 0.15) is 26.3 Å². The van der Waals surface area contributed by atoms with E-state index < -0.39 is 5.60 Å². The van der Waals surface area contributed by atoms with Crippen molar-refractivity contribution in [3.05, 3.63) is 71.3 Å². The smallest absolute Gasteiger partial charge is 0.220 e. The molecule has 20 heavy (non-hydrogen) atoms. The fourth-order valence-corrected chi connectivity index (χ4v) is 2.99. The maximum atomic E-state index is 12.4. The minimum Gasteiger partial charge on any atom is -0.349 e. The van der Waals surface area contributed by atoms with E-state index in [0.717, 1.165) is 5.56 Å². The number of epoxide rings is 1. The summed E-state index contributed by atoms with van der Waals surface area (Å²) in [5, 5.41) is 0. The molecule has 1 aliphatic carbocycles. The SMILES string of the molecule is O=C1c2ccccc2C(=O)C12OC2Cc1ccccc1. The van der Waals surface area contributed by atoms with E-state index in [1.54, 1.807) is 24.3 Å². The van der Waals surface area contributed by atoms with Crippen molar-refractivity contribution in [3.8, 4) is 0 Å². The van der Waals surface area contributed by atoms with Crippen molar-refractivity contribution < 1.29 is 14.3 Å². The van der Waals surface area contributed by atoms with Gasteiger partial charge in [0, 0.05) is 17.5 Å². The number of hydrogen-bond acceptors (Lipinski definition) is 3. The molecule has 0 bridgehead atoms. The maximum absolute atomic E-state index is 12.4. The molecule has 3 nitrogen and oxygen atoms in total. The van der Waals surface area contributed by atoms with Gasteiger partial charge in [0.15, 0.2) is 0 Å². The topological polar surface area (TPSA) is 46.7 Å². The number of carbonyl (C=O) groups is 2. The first-order valence-corrected chi connectivity index (χ1v) is 6.64. The van der Waals surface area contributed by atoms with Gasteiger partial charge in [0.05, 0.1) is 0 Å². The minimum absolute atomic E-state index is 0.181. The number of fused-ring (bicyclic) bond motifs is 1. The Labute approximate surface area is 116 Å². The second kappa shape index (κ2) is 3.87.